The Morgan fingerprint density at radius 2 is 1.96 bits per heavy atom. The molecule has 0 radical (unpaired) electrons. The number of hydrogen-bond acceptors (Lipinski definition) is 7. The molecule has 8 heteroatoms. The van der Waals surface area contributed by atoms with E-state index in [1.165, 1.54) is 12.1 Å². The Kier molecular flexibility index (Phi) is 4.78. The van der Waals surface area contributed by atoms with E-state index in [9.17, 15) is 9.18 Å². The molecule has 1 fully saturated rings. The molecular weight excluding hydrogens is 351 g/mol. The van der Waals surface area contributed by atoms with E-state index in [0.29, 0.717) is 22.8 Å². The lowest BCUT2D eigenvalue weighted by molar-refractivity contribution is 0.0430. The zero-order valence-electron chi connectivity index (χ0n) is 14.5. The summed E-state index contributed by atoms with van der Waals surface area (Å²) in [5, 5.41) is 3.83. The Balaban J connectivity index is 1.44. The van der Waals surface area contributed by atoms with Gasteiger partial charge in [0.25, 0.3) is 5.89 Å². The van der Waals surface area contributed by atoms with Crippen LogP contribution in [0.4, 0.5) is 10.2 Å². The summed E-state index contributed by atoms with van der Waals surface area (Å²) in [6.45, 7) is 1.60. The zero-order chi connectivity index (χ0) is 18.6. The summed E-state index contributed by atoms with van der Waals surface area (Å²) >= 11 is 0. The Labute approximate surface area is 154 Å². The lowest BCUT2D eigenvalue weighted by Gasteiger charge is -2.18. The molecule has 0 amide bonds. The minimum Gasteiger partial charge on any atom is -0.452 e. The highest BCUT2D eigenvalue weighted by atomic mass is 19.1. The van der Waals surface area contributed by atoms with Crippen LogP contribution in [0, 0.1) is 5.82 Å². The Morgan fingerprint density at radius 3 is 2.74 bits per heavy atom. The van der Waals surface area contributed by atoms with Gasteiger partial charge in [-0.1, -0.05) is 5.16 Å². The first-order valence-corrected chi connectivity index (χ1v) is 8.66. The van der Waals surface area contributed by atoms with Crippen LogP contribution in [0.1, 0.15) is 29.1 Å². The van der Waals surface area contributed by atoms with Gasteiger partial charge in [0, 0.05) is 24.8 Å². The van der Waals surface area contributed by atoms with Crippen LogP contribution in [0.5, 0.6) is 0 Å². The fraction of sp³-hybridized carbons (Fsp3) is 0.263. The first-order valence-electron chi connectivity index (χ1n) is 8.66. The van der Waals surface area contributed by atoms with Crippen LogP contribution >= 0.6 is 0 Å². The molecule has 2 aromatic heterocycles. The molecule has 3 heterocycles. The van der Waals surface area contributed by atoms with Gasteiger partial charge in [0.2, 0.25) is 5.82 Å². The SMILES string of the molecule is O=C(OCc1nc(-c2ccc(F)cc2)no1)c1cccnc1N1CCCC1. The van der Waals surface area contributed by atoms with Crippen LogP contribution in [0.15, 0.2) is 47.1 Å². The van der Waals surface area contributed by atoms with Crippen LogP contribution in [-0.4, -0.2) is 34.2 Å². The van der Waals surface area contributed by atoms with Gasteiger partial charge >= 0.3 is 5.97 Å². The van der Waals surface area contributed by atoms with Gasteiger partial charge in [-0.25, -0.2) is 14.2 Å². The predicted octanol–water partition coefficient (Wildman–Crippen LogP) is 3.23. The molecule has 0 atom stereocenters. The summed E-state index contributed by atoms with van der Waals surface area (Å²) in [6, 6.07) is 9.12. The lowest BCUT2D eigenvalue weighted by Crippen LogP contribution is -2.22. The number of halogens is 1. The second-order valence-corrected chi connectivity index (χ2v) is 6.16. The van der Waals surface area contributed by atoms with Crippen molar-refractivity contribution in [2.24, 2.45) is 0 Å². The molecule has 0 unspecified atom stereocenters. The number of carbonyl (C=O) groups is 1. The summed E-state index contributed by atoms with van der Waals surface area (Å²) in [6.07, 6.45) is 3.83. The van der Waals surface area contributed by atoms with E-state index in [0.717, 1.165) is 25.9 Å². The highest BCUT2D eigenvalue weighted by Gasteiger charge is 2.22. The van der Waals surface area contributed by atoms with Crippen molar-refractivity contribution in [2.45, 2.75) is 19.4 Å². The molecule has 1 aliphatic heterocycles. The molecule has 1 aliphatic rings. The number of hydrogen-bond donors (Lipinski definition) is 0. The maximum Gasteiger partial charge on any atom is 0.342 e. The first kappa shape index (κ1) is 17.1. The minimum absolute atomic E-state index is 0.151. The van der Waals surface area contributed by atoms with Gasteiger partial charge in [-0.05, 0) is 49.2 Å². The largest absolute Gasteiger partial charge is 0.452 e. The number of esters is 1. The molecule has 138 valence electrons. The van der Waals surface area contributed by atoms with Crippen molar-refractivity contribution in [3.05, 3.63) is 59.9 Å². The van der Waals surface area contributed by atoms with Crippen molar-refractivity contribution >= 4 is 11.8 Å². The Morgan fingerprint density at radius 1 is 1.19 bits per heavy atom. The summed E-state index contributed by atoms with van der Waals surface area (Å²) < 4.78 is 23.4. The quantitative estimate of drug-likeness (QED) is 0.640. The van der Waals surface area contributed by atoms with Gasteiger partial charge in [-0.2, -0.15) is 4.98 Å². The van der Waals surface area contributed by atoms with Crippen molar-refractivity contribution in [3.63, 3.8) is 0 Å². The van der Waals surface area contributed by atoms with Crippen LogP contribution < -0.4 is 4.90 Å². The van der Waals surface area contributed by atoms with E-state index in [-0.39, 0.29) is 18.3 Å². The maximum atomic E-state index is 13.0. The van der Waals surface area contributed by atoms with Gasteiger partial charge in [-0.15, -0.1) is 0 Å². The number of ether oxygens (including phenoxy) is 1. The van der Waals surface area contributed by atoms with Gasteiger partial charge < -0.3 is 14.2 Å². The molecule has 27 heavy (non-hydrogen) atoms. The third-order valence-corrected chi connectivity index (χ3v) is 4.31. The standard InChI is InChI=1S/C19H17FN4O3/c20-14-7-5-13(6-8-14)17-22-16(27-23-17)12-26-19(25)15-4-3-9-21-18(15)24-10-1-2-11-24/h3-9H,1-2,10-12H2. The van der Waals surface area contributed by atoms with Gasteiger partial charge in [-0.3, -0.25) is 0 Å². The van der Waals surface area contributed by atoms with Crippen molar-refractivity contribution in [1.29, 1.82) is 0 Å². The topological polar surface area (TPSA) is 81.3 Å². The van der Waals surface area contributed by atoms with Crippen LogP contribution in [0.3, 0.4) is 0 Å². The normalized spacial score (nSPS) is 13.7. The minimum atomic E-state index is -0.494. The van der Waals surface area contributed by atoms with E-state index < -0.39 is 5.97 Å². The maximum absolute atomic E-state index is 13.0. The fourth-order valence-electron chi connectivity index (χ4n) is 2.97. The molecule has 0 spiro atoms. The monoisotopic (exact) mass is 368 g/mol. The average Bonchev–Trinajstić information content (AvgIpc) is 3.39. The number of carbonyl (C=O) groups excluding carboxylic acids is 1. The second-order valence-electron chi connectivity index (χ2n) is 6.16. The van der Waals surface area contributed by atoms with Crippen molar-refractivity contribution in [3.8, 4) is 11.4 Å². The molecule has 7 nitrogen and oxygen atoms in total. The molecule has 0 saturated carbocycles. The van der Waals surface area contributed by atoms with Gasteiger partial charge in [0.1, 0.15) is 17.2 Å². The number of nitrogens with zero attached hydrogens (tertiary/aromatic N) is 4. The molecule has 1 saturated heterocycles. The summed E-state index contributed by atoms with van der Waals surface area (Å²) in [4.78, 5) is 23.1. The molecule has 3 aromatic rings. The van der Waals surface area contributed by atoms with E-state index in [4.69, 9.17) is 9.26 Å². The Hall–Kier alpha value is -3.29. The fourth-order valence-corrected chi connectivity index (χ4v) is 2.97. The highest BCUT2D eigenvalue weighted by Crippen LogP contribution is 2.23. The van der Waals surface area contributed by atoms with Crippen molar-refractivity contribution in [1.82, 2.24) is 15.1 Å². The number of aromatic nitrogens is 3. The van der Waals surface area contributed by atoms with Crippen LogP contribution in [0.2, 0.25) is 0 Å². The third-order valence-electron chi connectivity index (χ3n) is 4.31. The molecular formula is C19H17FN4O3. The first-order chi connectivity index (χ1) is 13.2. The number of rotatable bonds is 5. The number of anilines is 1. The molecule has 1 aromatic carbocycles. The van der Waals surface area contributed by atoms with Gasteiger partial charge in [0.05, 0.1) is 0 Å². The Bertz CT molecular complexity index is 936. The van der Waals surface area contributed by atoms with E-state index in [1.807, 2.05) is 0 Å². The summed E-state index contributed by atoms with van der Waals surface area (Å²) in [5.41, 5.74) is 1.03. The highest BCUT2D eigenvalue weighted by molar-refractivity contribution is 5.94. The third kappa shape index (κ3) is 3.79. The van der Waals surface area contributed by atoms with Crippen molar-refractivity contribution < 1.29 is 18.4 Å². The molecule has 4 rings (SSSR count). The zero-order valence-corrected chi connectivity index (χ0v) is 14.5. The summed E-state index contributed by atoms with van der Waals surface area (Å²) in [5.74, 6) is 0.264. The van der Waals surface area contributed by atoms with E-state index in [1.54, 1.807) is 30.5 Å². The smallest absolute Gasteiger partial charge is 0.342 e. The molecule has 0 bridgehead atoms. The van der Waals surface area contributed by atoms with Crippen LogP contribution in [-0.2, 0) is 11.3 Å². The number of pyridine rings is 1. The van der Waals surface area contributed by atoms with Gasteiger partial charge in [0.15, 0.2) is 6.61 Å². The molecule has 0 aliphatic carbocycles. The molecule has 0 N–H and O–H groups in total. The van der Waals surface area contributed by atoms with Crippen molar-refractivity contribution in [2.75, 3.05) is 18.0 Å². The predicted molar refractivity (Wildman–Crippen MR) is 94.5 cm³/mol. The average molecular weight is 368 g/mol. The lowest BCUT2D eigenvalue weighted by atomic mass is 10.2. The number of benzene rings is 1. The van der Waals surface area contributed by atoms with Crippen LogP contribution in [0.25, 0.3) is 11.4 Å². The second kappa shape index (κ2) is 7.53. The van der Waals surface area contributed by atoms with E-state index in [2.05, 4.69) is 20.0 Å². The summed E-state index contributed by atoms with van der Waals surface area (Å²) in [7, 11) is 0. The van der Waals surface area contributed by atoms with E-state index >= 15 is 0 Å².